The smallest absolute Gasteiger partial charge is 0.224 e. The Bertz CT molecular complexity index is 530. The second-order valence-corrected chi connectivity index (χ2v) is 5.80. The van der Waals surface area contributed by atoms with E-state index in [1.807, 2.05) is 0 Å². The molecule has 0 saturated carbocycles. The summed E-state index contributed by atoms with van der Waals surface area (Å²) in [4.78, 5) is 14.5. The largest absolute Gasteiger partial charge is 0.326 e. The van der Waals surface area contributed by atoms with Gasteiger partial charge in [-0.2, -0.15) is 0 Å². The zero-order chi connectivity index (χ0) is 15.2. The maximum atomic E-state index is 13.2. The van der Waals surface area contributed by atoms with E-state index in [1.54, 1.807) is 0 Å². The molecule has 1 N–H and O–H groups in total. The summed E-state index contributed by atoms with van der Waals surface area (Å²) in [6.07, 6.45) is 1.15. The van der Waals surface area contributed by atoms with Crippen molar-refractivity contribution in [1.29, 1.82) is 0 Å². The second-order valence-electron chi connectivity index (χ2n) is 5.80. The molecule has 0 aliphatic heterocycles. The number of benzene rings is 1. The fourth-order valence-electron chi connectivity index (χ4n) is 1.62. The molecule has 0 aromatic heterocycles. The van der Waals surface area contributed by atoms with Crippen molar-refractivity contribution in [3.63, 3.8) is 0 Å². The van der Waals surface area contributed by atoms with Gasteiger partial charge in [0.2, 0.25) is 5.91 Å². The van der Waals surface area contributed by atoms with Crippen molar-refractivity contribution in [3.05, 3.63) is 40.0 Å². The Morgan fingerprint density at radius 2 is 2.15 bits per heavy atom. The number of carbonyl (C=O) groups excluding carboxylic acids is 1. The highest BCUT2D eigenvalue weighted by Gasteiger charge is 2.14. The minimum atomic E-state index is -0.430. The molecule has 5 nitrogen and oxygen atoms in total. The molecule has 0 heterocycles. The van der Waals surface area contributed by atoms with E-state index in [-0.39, 0.29) is 17.9 Å². The van der Waals surface area contributed by atoms with Gasteiger partial charge in [0.15, 0.2) is 0 Å². The normalized spacial score (nSPS) is 10.8. The van der Waals surface area contributed by atoms with Crippen molar-refractivity contribution in [2.45, 2.75) is 40.2 Å². The SMILES string of the molecule is CC(C)(C)CCC(=O)Nc1ccc(F)cc1CN=[N+]=[N-]. The van der Waals surface area contributed by atoms with E-state index in [1.165, 1.54) is 18.2 Å². The van der Waals surface area contributed by atoms with Gasteiger partial charge in [-0.3, -0.25) is 4.79 Å². The molecule has 0 atom stereocenters. The lowest BCUT2D eigenvalue weighted by Gasteiger charge is -2.17. The van der Waals surface area contributed by atoms with Crippen molar-refractivity contribution >= 4 is 11.6 Å². The van der Waals surface area contributed by atoms with Crippen molar-refractivity contribution in [2.24, 2.45) is 10.5 Å². The second kappa shape index (κ2) is 6.91. The Kier molecular flexibility index (Phi) is 5.53. The minimum absolute atomic E-state index is 0.00312. The standard InChI is InChI=1S/C14H19FN4O/c1-14(2,3)7-6-13(20)18-12-5-4-11(15)8-10(12)9-17-19-16/h4-5,8H,6-7,9H2,1-3H3,(H,18,20). The molecular weight excluding hydrogens is 259 g/mol. The van der Waals surface area contributed by atoms with E-state index >= 15 is 0 Å². The van der Waals surface area contributed by atoms with Gasteiger partial charge >= 0.3 is 0 Å². The summed E-state index contributed by atoms with van der Waals surface area (Å²) in [6, 6.07) is 4.00. The van der Waals surface area contributed by atoms with Gasteiger partial charge in [-0.25, -0.2) is 4.39 Å². The Morgan fingerprint density at radius 1 is 1.45 bits per heavy atom. The highest BCUT2D eigenvalue weighted by Crippen LogP contribution is 2.22. The number of nitrogens with one attached hydrogen (secondary N) is 1. The van der Waals surface area contributed by atoms with Crippen LogP contribution in [-0.2, 0) is 11.3 Å². The Labute approximate surface area is 117 Å². The average molecular weight is 278 g/mol. The quantitative estimate of drug-likeness (QED) is 0.483. The summed E-state index contributed by atoms with van der Waals surface area (Å²) in [6.45, 7) is 6.19. The number of anilines is 1. The molecule has 20 heavy (non-hydrogen) atoms. The zero-order valence-corrected chi connectivity index (χ0v) is 12.0. The van der Waals surface area contributed by atoms with Gasteiger partial charge in [0, 0.05) is 17.0 Å². The Hall–Kier alpha value is -2.07. The third-order valence-corrected chi connectivity index (χ3v) is 2.75. The molecule has 1 aromatic carbocycles. The summed E-state index contributed by atoms with van der Waals surface area (Å²) in [5.41, 5.74) is 9.35. The van der Waals surface area contributed by atoms with Gasteiger partial charge in [0.1, 0.15) is 5.82 Å². The molecule has 0 spiro atoms. The van der Waals surface area contributed by atoms with Gasteiger partial charge in [-0.15, -0.1) is 0 Å². The van der Waals surface area contributed by atoms with Crippen LogP contribution >= 0.6 is 0 Å². The maximum absolute atomic E-state index is 13.2. The van der Waals surface area contributed by atoms with Gasteiger partial charge in [0.05, 0.1) is 6.54 Å². The number of nitrogens with zero attached hydrogens (tertiary/aromatic N) is 3. The number of carbonyl (C=O) groups is 1. The molecule has 0 aliphatic rings. The van der Waals surface area contributed by atoms with Crippen LogP contribution in [0.3, 0.4) is 0 Å². The Balaban J connectivity index is 2.75. The summed E-state index contributed by atoms with van der Waals surface area (Å²) in [5.74, 6) is -0.561. The molecule has 0 fully saturated rings. The van der Waals surface area contributed by atoms with Crippen LogP contribution in [0, 0.1) is 11.2 Å². The number of rotatable bonds is 5. The lowest BCUT2D eigenvalue weighted by atomic mass is 9.90. The predicted molar refractivity (Wildman–Crippen MR) is 76.6 cm³/mol. The highest BCUT2D eigenvalue weighted by atomic mass is 19.1. The molecule has 1 aromatic rings. The molecule has 1 rings (SSSR count). The fourth-order valence-corrected chi connectivity index (χ4v) is 1.62. The molecule has 1 amide bonds. The molecular formula is C14H19FN4O. The van der Waals surface area contributed by atoms with E-state index in [0.717, 1.165) is 6.42 Å². The fraction of sp³-hybridized carbons (Fsp3) is 0.500. The predicted octanol–water partition coefficient (Wildman–Crippen LogP) is 4.40. The van der Waals surface area contributed by atoms with E-state index < -0.39 is 5.82 Å². The average Bonchev–Trinajstić information content (AvgIpc) is 2.36. The molecule has 108 valence electrons. The van der Waals surface area contributed by atoms with Crippen LogP contribution in [0.2, 0.25) is 0 Å². The van der Waals surface area contributed by atoms with E-state index in [4.69, 9.17) is 5.53 Å². The summed E-state index contributed by atoms with van der Waals surface area (Å²) in [7, 11) is 0. The van der Waals surface area contributed by atoms with Crippen molar-refractivity contribution in [1.82, 2.24) is 0 Å². The zero-order valence-electron chi connectivity index (χ0n) is 12.0. The Morgan fingerprint density at radius 3 is 2.75 bits per heavy atom. The minimum Gasteiger partial charge on any atom is -0.326 e. The molecule has 0 bridgehead atoms. The van der Waals surface area contributed by atoms with E-state index in [9.17, 15) is 9.18 Å². The van der Waals surface area contributed by atoms with Gasteiger partial charge < -0.3 is 5.32 Å². The third-order valence-electron chi connectivity index (χ3n) is 2.75. The van der Waals surface area contributed by atoms with Crippen LogP contribution in [-0.4, -0.2) is 5.91 Å². The summed E-state index contributed by atoms with van der Waals surface area (Å²) in [5, 5.41) is 6.13. The lowest BCUT2D eigenvalue weighted by molar-refractivity contribution is -0.116. The summed E-state index contributed by atoms with van der Waals surface area (Å²) >= 11 is 0. The maximum Gasteiger partial charge on any atom is 0.224 e. The van der Waals surface area contributed by atoms with E-state index in [2.05, 4.69) is 36.1 Å². The van der Waals surface area contributed by atoms with Crippen LogP contribution in [0.15, 0.2) is 23.3 Å². The van der Waals surface area contributed by atoms with Gasteiger partial charge in [0.25, 0.3) is 0 Å². The van der Waals surface area contributed by atoms with Crippen molar-refractivity contribution < 1.29 is 9.18 Å². The van der Waals surface area contributed by atoms with Gasteiger partial charge in [-0.1, -0.05) is 25.9 Å². The number of amides is 1. The number of hydrogen-bond donors (Lipinski definition) is 1. The van der Waals surface area contributed by atoms with Crippen LogP contribution in [0.4, 0.5) is 10.1 Å². The first-order chi connectivity index (χ1) is 9.31. The first kappa shape index (κ1) is 16.0. The number of hydrogen-bond acceptors (Lipinski definition) is 2. The monoisotopic (exact) mass is 278 g/mol. The van der Waals surface area contributed by atoms with Crippen LogP contribution in [0.1, 0.15) is 39.2 Å². The van der Waals surface area contributed by atoms with Crippen molar-refractivity contribution in [2.75, 3.05) is 5.32 Å². The number of azide groups is 1. The first-order valence-corrected chi connectivity index (χ1v) is 6.41. The van der Waals surface area contributed by atoms with Crippen molar-refractivity contribution in [3.8, 4) is 0 Å². The molecule has 0 aliphatic carbocycles. The van der Waals surface area contributed by atoms with Crippen LogP contribution < -0.4 is 5.32 Å². The summed E-state index contributed by atoms with van der Waals surface area (Å²) < 4.78 is 13.2. The van der Waals surface area contributed by atoms with Gasteiger partial charge in [-0.05, 0) is 41.1 Å². The highest BCUT2D eigenvalue weighted by molar-refractivity contribution is 5.91. The molecule has 0 saturated heterocycles. The third kappa shape index (κ3) is 5.71. The molecule has 0 unspecified atom stereocenters. The van der Waals surface area contributed by atoms with Crippen LogP contribution in [0.5, 0.6) is 0 Å². The first-order valence-electron chi connectivity index (χ1n) is 6.41. The van der Waals surface area contributed by atoms with E-state index in [0.29, 0.717) is 17.7 Å². The molecule has 6 heteroatoms. The lowest BCUT2D eigenvalue weighted by Crippen LogP contribution is -2.16. The topological polar surface area (TPSA) is 77.9 Å². The van der Waals surface area contributed by atoms with Crippen LogP contribution in [0.25, 0.3) is 10.4 Å². The number of halogens is 1. The molecule has 0 radical (unpaired) electrons.